The predicted molar refractivity (Wildman–Crippen MR) is 103 cm³/mol. The second-order valence-electron chi connectivity index (χ2n) is 6.63. The molecule has 0 bridgehead atoms. The molecule has 140 valence electrons. The van der Waals surface area contributed by atoms with E-state index in [9.17, 15) is 9.18 Å². The minimum absolute atomic E-state index is 0.211. The zero-order valence-corrected chi connectivity index (χ0v) is 15.8. The number of aromatic nitrogens is 3. The molecule has 2 aromatic carbocycles. The standard InChI is InChI=1S/C20H22FN5O/c1-14-19(22-23-26(14)18-11-7-16(21)8-12-18)20(27)25(4)13-15-5-9-17(10-6-15)24(2)3/h5-12H,13H2,1-4H3. The number of hydrogen-bond donors (Lipinski definition) is 0. The van der Waals surface area contributed by atoms with Crippen LogP contribution >= 0.6 is 0 Å². The largest absolute Gasteiger partial charge is 0.378 e. The summed E-state index contributed by atoms with van der Waals surface area (Å²) in [4.78, 5) is 16.4. The first-order valence-electron chi connectivity index (χ1n) is 8.57. The van der Waals surface area contributed by atoms with Gasteiger partial charge in [0.1, 0.15) is 5.82 Å². The smallest absolute Gasteiger partial charge is 0.276 e. The maximum Gasteiger partial charge on any atom is 0.276 e. The SMILES string of the molecule is Cc1c(C(=O)N(C)Cc2ccc(N(C)C)cc2)nnn1-c1ccc(F)cc1. The normalized spacial score (nSPS) is 10.7. The zero-order chi connectivity index (χ0) is 19.6. The summed E-state index contributed by atoms with van der Waals surface area (Å²) in [6.07, 6.45) is 0. The highest BCUT2D eigenvalue weighted by Crippen LogP contribution is 2.17. The molecule has 0 radical (unpaired) electrons. The van der Waals surface area contributed by atoms with E-state index in [-0.39, 0.29) is 17.4 Å². The van der Waals surface area contributed by atoms with Crippen molar-refractivity contribution in [2.45, 2.75) is 13.5 Å². The van der Waals surface area contributed by atoms with Crippen molar-refractivity contribution in [1.29, 1.82) is 0 Å². The van der Waals surface area contributed by atoms with E-state index in [0.29, 0.717) is 17.9 Å². The molecule has 0 N–H and O–H groups in total. The van der Waals surface area contributed by atoms with E-state index in [1.165, 1.54) is 16.8 Å². The molecule has 0 aliphatic rings. The second kappa shape index (κ2) is 7.57. The number of amides is 1. The molecule has 3 aromatic rings. The third kappa shape index (κ3) is 3.97. The lowest BCUT2D eigenvalue weighted by Crippen LogP contribution is -2.27. The Balaban J connectivity index is 1.76. The minimum atomic E-state index is -0.326. The van der Waals surface area contributed by atoms with Crippen molar-refractivity contribution in [3.05, 3.63) is 71.3 Å². The van der Waals surface area contributed by atoms with Gasteiger partial charge < -0.3 is 9.80 Å². The van der Waals surface area contributed by atoms with Crippen LogP contribution in [0.4, 0.5) is 10.1 Å². The number of carbonyl (C=O) groups is 1. The van der Waals surface area contributed by atoms with Crippen LogP contribution in [-0.2, 0) is 6.54 Å². The predicted octanol–water partition coefficient (Wildman–Crippen LogP) is 3.05. The van der Waals surface area contributed by atoms with Gasteiger partial charge in [-0.15, -0.1) is 5.10 Å². The maximum atomic E-state index is 13.1. The van der Waals surface area contributed by atoms with Gasteiger partial charge >= 0.3 is 0 Å². The summed E-state index contributed by atoms with van der Waals surface area (Å²) in [7, 11) is 5.70. The summed E-state index contributed by atoms with van der Waals surface area (Å²) in [5.41, 5.74) is 3.68. The van der Waals surface area contributed by atoms with Crippen LogP contribution in [0.25, 0.3) is 5.69 Å². The number of carbonyl (C=O) groups excluding carboxylic acids is 1. The van der Waals surface area contributed by atoms with Crippen molar-refractivity contribution in [1.82, 2.24) is 19.9 Å². The first-order chi connectivity index (χ1) is 12.9. The first-order valence-corrected chi connectivity index (χ1v) is 8.57. The zero-order valence-electron chi connectivity index (χ0n) is 15.8. The van der Waals surface area contributed by atoms with E-state index in [1.807, 2.05) is 43.3 Å². The summed E-state index contributed by atoms with van der Waals surface area (Å²) in [6, 6.07) is 13.9. The van der Waals surface area contributed by atoms with E-state index >= 15 is 0 Å². The van der Waals surface area contributed by atoms with Crippen LogP contribution in [0.5, 0.6) is 0 Å². The Kier molecular flexibility index (Phi) is 5.21. The molecular weight excluding hydrogens is 345 g/mol. The molecule has 0 unspecified atom stereocenters. The van der Waals surface area contributed by atoms with Crippen molar-refractivity contribution < 1.29 is 9.18 Å². The molecule has 1 aromatic heterocycles. The summed E-state index contributed by atoms with van der Waals surface area (Å²) >= 11 is 0. The first kappa shape index (κ1) is 18.6. The van der Waals surface area contributed by atoms with Crippen LogP contribution in [0.3, 0.4) is 0 Å². The highest BCUT2D eigenvalue weighted by Gasteiger charge is 2.21. The number of rotatable bonds is 5. The summed E-state index contributed by atoms with van der Waals surface area (Å²) in [6.45, 7) is 2.24. The van der Waals surface area contributed by atoms with Gasteiger partial charge in [0, 0.05) is 33.4 Å². The Morgan fingerprint density at radius 3 is 2.26 bits per heavy atom. The van der Waals surface area contributed by atoms with Crippen LogP contribution in [-0.4, -0.2) is 46.9 Å². The maximum absolute atomic E-state index is 13.1. The van der Waals surface area contributed by atoms with E-state index in [4.69, 9.17) is 0 Å². The molecule has 27 heavy (non-hydrogen) atoms. The molecule has 0 saturated heterocycles. The monoisotopic (exact) mass is 367 g/mol. The minimum Gasteiger partial charge on any atom is -0.378 e. The van der Waals surface area contributed by atoms with Gasteiger partial charge in [-0.3, -0.25) is 4.79 Å². The van der Waals surface area contributed by atoms with Gasteiger partial charge in [0.2, 0.25) is 0 Å². The highest BCUT2D eigenvalue weighted by atomic mass is 19.1. The van der Waals surface area contributed by atoms with E-state index in [0.717, 1.165) is 11.3 Å². The molecule has 0 spiro atoms. The molecule has 1 amide bonds. The Hall–Kier alpha value is -3.22. The Morgan fingerprint density at radius 2 is 1.67 bits per heavy atom. The van der Waals surface area contributed by atoms with Crippen LogP contribution in [0, 0.1) is 12.7 Å². The fourth-order valence-corrected chi connectivity index (χ4v) is 2.78. The Morgan fingerprint density at radius 1 is 1.04 bits per heavy atom. The molecule has 6 nitrogen and oxygen atoms in total. The number of halogens is 1. The molecule has 0 atom stereocenters. The molecule has 0 fully saturated rings. The topological polar surface area (TPSA) is 54.3 Å². The van der Waals surface area contributed by atoms with Crippen LogP contribution in [0.1, 0.15) is 21.7 Å². The molecular formula is C20H22FN5O. The molecule has 0 aliphatic heterocycles. The van der Waals surface area contributed by atoms with Crippen LogP contribution < -0.4 is 4.90 Å². The molecule has 1 heterocycles. The second-order valence-corrected chi connectivity index (χ2v) is 6.63. The van der Waals surface area contributed by atoms with Gasteiger partial charge in [0.15, 0.2) is 5.69 Å². The Bertz CT molecular complexity index is 932. The number of hydrogen-bond acceptors (Lipinski definition) is 4. The highest BCUT2D eigenvalue weighted by molar-refractivity contribution is 5.93. The molecule has 0 saturated carbocycles. The number of anilines is 1. The number of nitrogens with zero attached hydrogens (tertiary/aromatic N) is 5. The van der Waals surface area contributed by atoms with E-state index in [1.54, 1.807) is 31.0 Å². The van der Waals surface area contributed by atoms with Gasteiger partial charge in [-0.25, -0.2) is 9.07 Å². The average molecular weight is 367 g/mol. The van der Waals surface area contributed by atoms with Crippen molar-refractivity contribution in [3.8, 4) is 5.69 Å². The van der Waals surface area contributed by atoms with Gasteiger partial charge in [0.25, 0.3) is 5.91 Å². The van der Waals surface area contributed by atoms with E-state index < -0.39 is 0 Å². The third-order valence-electron chi connectivity index (χ3n) is 4.39. The quantitative estimate of drug-likeness (QED) is 0.696. The fourth-order valence-electron chi connectivity index (χ4n) is 2.78. The summed E-state index contributed by atoms with van der Waals surface area (Å²) in [5.74, 6) is -0.537. The third-order valence-corrected chi connectivity index (χ3v) is 4.39. The van der Waals surface area contributed by atoms with Gasteiger partial charge in [-0.2, -0.15) is 0 Å². The lowest BCUT2D eigenvalue weighted by atomic mass is 10.2. The number of benzene rings is 2. The van der Waals surface area contributed by atoms with Crippen molar-refractivity contribution in [3.63, 3.8) is 0 Å². The van der Waals surface area contributed by atoms with Gasteiger partial charge in [-0.05, 0) is 48.9 Å². The van der Waals surface area contributed by atoms with Crippen molar-refractivity contribution in [2.75, 3.05) is 26.0 Å². The van der Waals surface area contributed by atoms with Crippen LogP contribution in [0.2, 0.25) is 0 Å². The van der Waals surface area contributed by atoms with Crippen molar-refractivity contribution >= 4 is 11.6 Å². The molecule has 0 aliphatic carbocycles. The lowest BCUT2D eigenvalue weighted by molar-refractivity contribution is 0.0778. The summed E-state index contributed by atoms with van der Waals surface area (Å²) in [5, 5.41) is 8.08. The van der Waals surface area contributed by atoms with E-state index in [2.05, 4.69) is 10.3 Å². The van der Waals surface area contributed by atoms with Crippen molar-refractivity contribution in [2.24, 2.45) is 0 Å². The average Bonchev–Trinajstić information content (AvgIpc) is 3.03. The summed E-state index contributed by atoms with van der Waals surface area (Å²) < 4.78 is 14.6. The van der Waals surface area contributed by atoms with Gasteiger partial charge in [-0.1, -0.05) is 17.3 Å². The molecule has 7 heteroatoms. The van der Waals surface area contributed by atoms with Gasteiger partial charge in [0.05, 0.1) is 11.4 Å². The molecule has 3 rings (SSSR count). The van der Waals surface area contributed by atoms with Crippen LogP contribution in [0.15, 0.2) is 48.5 Å². The Labute approximate surface area is 157 Å². The lowest BCUT2D eigenvalue weighted by Gasteiger charge is -2.18. The fraction of sp³-hybridized carbons (Fsp3) is 0.250.